The van der Waals surface area contributed by atoms with Gasteiger partial charge in [0, 0.05) is 13.1 Å². The Morgan fingerprint density at radius 1 is 1.11 bits per heavy atom. The molecule has 5 nitrogen and oxygen atoms in total. The average molecular weight is 257 g/mol. The number of aromatic nitrogens is 3. The van der Waals surface area contributed by atoms with Gasteiger partial charge in [0.05, 0.1) is 5.52 Å². The van der Waals surface area contributed by atoms with E-state index in [2.05, 4.69) is 32.4 Å². The van der Waals surface area contributed by atoms with Crippen molar-refractivity contribution in [3.05, 3.63) is 24.3 Å². The van der Waals surface area contributed by atoms with Crippen molar-refractivity contribution in [3.8, 4) is 0 Å². The van der Waals surface area contributed by atoms with Crippen molar-refractivity contribution in [3.63, 3.8) is 0 Å². The number of hydrogen-bond donors (Lipinski definition) is 1. The van der Waals surface area contributed by atoms with Crippen molar-refractivity contribution in [2.24, 2.45) is 0 Å². The fourth-order valence-electron chi connectivity index (χ4n) is 2.57. The Labute approximate surface area is 113 Å². The van der Waals surface area contributed by atoms with Crippen LogP contribution in [0.4, 0.5) is 5.95 Å². The number of hydrogen-bond acceptors (Lipinski definition) is 5. The second-order valence-electron chi connectivity index (χ2n) is 5.05. The van der Waals surface area contributed by atoms with Crippen LogP contribution in [-0.4, -0.2) is 41.4 Å². The van der Waals surface area contributed by atoms with Crippen molar-refractivity contribution in [2.45, 2.75) is 25.3 Å². The van der Waals surface area contributed by atoms with E-state index in [0.717, 1.165) is 36.5 Å². The number of para-hydroxylation sites is 1. The van der Waals surface area contributed by atoms with Gasteiger partial charge in [-0.2, -0.15) is 0 Å². The van der Waals surface area contributed by atoms with Crippen molar-refractivity contribution in [1.29, 1.82) is 0 Å². The standard InChI is InChI=1S/C14H19N5/c1-19(11-5-4-9-15-10-8-11)14-16-12-6-2-3-7-13(12)17-18-14/h2-3,6-7,11,15H,4-5,8-10H2,1H3. The molecule has 19 heavy (non-hydrogen) atoms. The highest BCUT2D eigenvalue weighted by Crippen LogP contribution is 2.18. The van der Waals surface area contributed by atoms with Gasteiger partial charge in [0.1, 0.15) is 5.52 Å². The van der Waals surface area contributed by atoms with Crippen LogP contribution in [-0.2, 0) is 0 Å². The fraction of sp³-hybridized carbons (Fsp3) is 0.500. The van der Waals surface area contributed by atoms with Gasteiger partial charge in [-0.1, -0.05) is 12.1 Å². The minimum absolute atomic E-state index is 0.498. The molecule has 1 saturated heterocycles. The molecule has 2 aromatic rings. The monoisotopic (exact) mass is 257 g/mol. The summed E-state index contributed by atoms with van der Waals surface area (Å²) in [5.74, 6) is 0.727. The van der Waals surface area contributed by atoms with Crippen LogP contribution in [0.5, 0.6) is 0 Å². The van der Waals surface area contributed by atoms with Gasteiger partial charge in [0.15, 0.2) is 0 Å². The van der Waals surface area contributed by atoms with E-state index in [0.29, 0.717) is 6.04 Å². The highest BCUT2D eigenvalue weighted by atomic mass is 15.3. The fourth-order valence-corrected chi connectivity index (χ4v) is 2.57. The molecular formula is C14H19N5. The molecule has 0 saturated carbocycles. The molecule has 5 heteroatoms. The van der Waals surface area contributed by atoms with Crippen LogP contribution in [0, 0.1) is 0 Å². The number of nitrogens with one attached hydrogen (secondary N) is 1. The van der Waals surface area contributed by atoms with E-state index in [9.17, 15) is 0 Å². The molecule has 1 atom stereocenters. The normalized spacial score (nSPS) is 20.2. The van der Waals surface area contributed by atoms with Gasteiger partial charge < -0.3 is 10.2 Å². The smallest absolute Gasteiger partial charge is 0.245 e. The van der Waals surface area contributed by atoms with Crippen LogP contribution in [0.15, 0.2) is 24.3 Å². The van der Waals surface area contributed by atoms with Crippen molar-refractivity contribution >= 4 is 17.0 Å². The summed E-state index contributed by atoms with van der Waals surface area (Å²) in [5, 5.41) is 11.9. The number of anilines is 1. The maximum Gasteiger partial charge on any atom is 0.245 e. The molecule has 1 fully saturated rings. The van der Waals surface area contributed by atoms with Crippen LogP contribution >= 0.6 is 0 Å². The second-order valence-corrected chi connectivity index (χ2v) is 5.05. The number of rotatable bonds is 2. The highest BCUT2D eigenvalue weighted by molar-refractivity contribution is 5.74. The number of benzene rings is 1. The van der Waals surface area contributed by atoms with Crippen LogP contribution < -0.4 is 10.2 Å². The highest BCUT2D eigenvalue weighted by Gasteiger charge is 2.19. The Bertz CT molecular complexity index is 548. The summed E-state index contributed by atoms with van der Waals surface area (Å²) < 4.78 is 0. The summed E-state index contributed by atoms with van der Waals surface area (Å²) in [7, 11) is 2.07. The van der Waals surface area contributed by atoms with Gasteiger partial charge in [0.25, 0.3) is 0 Å². The van der Waals surface area contributed by atoms with E-state index in [4.69, 9.17) is 0 Å². The first-order chi connectivity index (χ1) is 9.34. The van der Waals surface area contributed by atoms with E-state index in [1.807, 2.05) is 24.3 Å². The SMILES string of the molecule is CN(c1nnc2ccccc2n1)C1CCCNCC1. The molecular weight excluding hydrogens is 238 g/mol. The van der Waals surface area contributed by atoms with E-state index in [-0.39, 0.29) is 0 Å². The molecule has 3 rings (SSSR count). The predicted molar refractivity (Wildman–Crippen MR) is 76.2 cm³/mol. The third-order valence-electron chi connectivity index (χ3n) is 3.76. The Balaban J connectivity index is 1.85. The summed E-state index contributed by atoms with van der Waals surface area (Å²) in [5.41, 5.74) is 1.76. The lowest BCUT2D eigenvalue weighted by Gasteiger charge is -2.26. The molecule has 0 aliphatic carbocycles. The Morgan fingerprint density at radius 3 is 2.84 bits per heavy atom. The largest absolute Gasteiger partial charge is 0.340 e. The maximum atomic E-state index is 4.61. The lowest BCUT2D eigenvalue weighted by atomic mass is 10.1. The van der Waals surface area contributed by atoms with Gasteiger partial charge >= 0.3 is 0 Å². The summed E-state index contributed by atoms with van der Waals surface area (Å²) in [4.78, 5) is 6.79. The molecule has 1 aliphatic rings. The predicted octanol–water partition coefficient (Wildman–Crippen LogP) is 1.60. The van der Waals surface area contributed by atoms with Gasteiger partial charge in [-0.05, 0) is 44.5 Å². The molecule has 0 radical (unpaired) electrons. The third-order valence-corrected chi connectivity index (χ3v) is 3.76. The van der Waals surface area contributed by atoms with Crippen molar-refractivity contribution < 1.29 is 0 Å². The molecule has 1 N–H and O–H groups in total. The lowest BCUT2D eigenvalue weighted by Crippen LogP contribution is -2.33. The molecule has 0 amide bonds. The first kappa shape index (κ1) is 12.3. The van der Waals surface area contributed by atoms with E-state index in [1.54, 1.807) is 0 Å². The molecule has 0 bridgehead atoms. The van der Waals surface area contributed by atoms with Crippen LogP contribution in [0.3, 0.4) is 0 Å². The van der Waals surface area contributed by atoms with E-state index >= 15 is 0 Å². The second kappa shape index (κ2) is 5.48. The van der Waals surface area contributed by atoms with Crippen LogP contribution in [0.1, 0.15) is 19.3 Å². The minimum atomic E-state index is 0.498. The zero-order valence-electron chi connectivity index (χ0n) is 11.2. The molecule has 1 aromatic heterocycles. The first-order valence-corrected chi connectivity index (χ1v) is 6.87. The Morgan fingerprint density at radius 2 is 1.95 bits per heavy atom. The lowest BCUT2D eigenvalue weighted by molar-refractivity contribution is 0.556. The molecule has 1 unspecified atom stereocenters. The van der Waals surface area contributed by atoms with Gasteiger partial charge in [-0.3, -0.25) is 0 Å². The average Bonchev–Trinajstić information content (AvgIpc) is 2.75. The summed E-state index contributed by atoms with van der Waals surface area (Å²) in [6.45, 7) is 2.18. The zero-order chi connectivity index (χ0) is 13.1. The summed E-state index contributed by atoms with van der Waals surface area (Å²) in [6.07, 6.45) is 3.52. The first-order valence-electron chi connectivity index (χ1n) is 6.87. The van der Waals surface area contributed by atoms with Gasteiger partial charge in [-0.15, -0.1) is 10.2 Å². The van der Waals surface area contributed by atoms with Crippen LogP contribution in [0.25, 0.3) is 11.0 Å². The van der Waals surface area contributed by atoms with Crippen molar-refractivity contribution in [2.75, 3.05) is 25.0 Å². The Hall–Kier alpha value is -1.75. The quantitative estimate of drug-likeness (QED) is 0.885. The van der Waals surface area contributed by atoms with E-state index in [1.165, 1.54) is 12.8 Å². The van der Waals surface area contributed by atoms with Gasteiger partial charge in [0.2, 0.25) is 5.95 Å². The molecule has 0 spiro atoms. The third kappa shape index (κ3) is 2.66. The molecule has 1 aromatic carbocycles. The minimum Gasteiger partial charge on any atom is -0.340 e. The number of nitrogens with zero attached hydrogens (tertiary/aromatic N) is 4. The Kier molecular flexibility index (Phi) is 3.55. The molecule has 1 aliphatic heterocycles. The topological polar surface area (TPSA) is 53.9 Å². The summed E-state index contributed by atoms with van der Waals surface area (Å²) >= 11 is 0. The number of fused-ring (bicyclic) bond motifs is 1. The summed E-state index contributed by atoms with van der Waals surface area (Å²) in [6, 6.07) is 8.36. The van der Waals surface area contributed by atoms with Crippen LogP contribution in [0.2, 0.25) is 0 Å². The molecule has 100 valence electrons. The molecule has 2 heterocycles. The maximum absolute atomic E-state index is 4.61. The van der Waals surface area contributed by atoms with Crippen molar-refractivity contribution in [1.82, 2.24) is 20.5 Å². The van der Waals surface area contributed by atoms with Gasteiger partial charge in [-0.25, -0.2) is 4.98 Å². The zero-order valence-corrected chi connectivity index (χ0v) is 11.2. The van der Waals surface area contributed by atoms with E-state index < -0.39 is 0 Å².